The molecule has 0 spiro atoms. The number of carbonyl (C=O) groups is 1. The third kappa shape index (κ3) is 2.77. The van der Waals surface area contributed by atoms with E-state index in [-0.39, 0.29) is 0 Å². The third-order valence-electron chi connectivity index (χ3n) is 2.93. The smallest absolute Gasteiger partial charge is 0.120 e. The van der Waals surface area contributed by atoms with E-state index in [1.54, 1.807) is 7.11 Å². The molecule has 0 aliphatic rings. The molecular weight excluding hydrogens is 224 g/mol. The van der Waals surface area contributed by atoms with Crippen molar-refractivity contribution >= 4 is 6.29 Å². The minimum Gasteiger partial charge on any atom is -0.497 e. The number of hydrogen-bond acceptors (Lipinski definition) is 2. The minimum absolute atomic E-state index is 0.548. The van der Waals surface area contributed by atoms with Gasteiger partial charge < -0.3 is 9.53 Å². The first-order chi connectivity index (χ1) is 8.85. The lowest BCUT2D eigenvalue weighted by Crippen LogP contribution is -1.93. The zero-order valence-electron chi connectivity index (χ0n) is 10.4. The molecule has 0 aliphatic carbocycles. The first kappa shape index (κ1) is 12.4. The van der Waals surface area contributed by atoms with Crippen molar-refractivity contribution in [2.75, 3.05) is 7.11 Å². The van der Waals surface area contributed by atoms with Gasteiger partial charge in [0.2, 0.25) is 0 Å². The molecule has 0 atom stereocenters. The van der Waals surface area contributed by atoms with Crippen molar-refractivity contribution in [3.8, 4) is 16.9 Å². The molecule has 0 aliphatic heterocycles. The summed E-state index contributed by atoms with van der Waals surface area (Å²) in [6.07, 6.45) is 2.27. The van der Waals surface area contributed by atoms with Crippen LogP contribution in [0, 0.1) is 0 Å². The highest BCUT2D eigenvalue weighted by molar-refractivity contribution is 5.69. The minimum atomic E-state index is 0.548. The fourth-order valence-corrected chi connectivity index (χ4v) is 2.00. The Labute approximate surface area is 107 Å². The quantitative estimate of drug-likeness (QED) is 0.748. The van der Waals surface area contributed by atoms with Gasteiger partial charge in [0.25, 0.3) is 0 Å². The molecule has 0 N–H and O–H groups in total. The molecule has 0 unspecified atom stereocenters. The van der Waals surface area contributed by atoms with Crippen LogP contribution < -0.4 is 4.74 Å². The van der Waals surface area contributed by atoms with Gasteiger partial charge in [-0.2, -0.15) is 0 Å². The van der Waals surface area contributed by atoms with Crippen molar-refractivity contribution in [2.45, 2.75) is 12.8 Å². The van der Waals surface area contributed by atoms with Crippen LogP contribution >= 0.6 is 0 Å². The van der Waals surface area contributed by atoms with Crippen LogP contribution in [0.5, 0.6) is 5.75 Å². The zero-order chi connectivity index (χ0) is 12.8. The second kappa shape index (κ2) is 6.01. The summed E-state index contributed by atoms with van der Waals surface area (Å²) in [4.78, 5) is 10.5. The Morgan fingerprint density at radius 1 is 1.11 bits per heavy atom. The maximum Gasteiger partial charge on any atom is 0.120 e. The summed E-state index contributed by atoms with van der Waals surface area (Å²) < 4.78 is 5.27. The van der Waals surface area contributed by atoms with Gasteiger partial charge in [-0.25, -0.2) is 0 Å². The number of benzene rings is 2. The first-order valence-corrected chi connectivity index (χ1v) is 6.01. The molecule has 0 aromatic heterocycles. The van der Waals surface area contributed by atoms with Crippen LogP contribution in [-0.2, 0) is 11.2 Å². The average molecular weight is 240 g/mol. The lowest BCUT2D eigenvalue weighted by Gasteiger charge is -2.11. The number of carbonyl (C=O) groups excluding carboxylic acids is 1. The van der Waals surface area contributed by atoms with Gasteiger partial charge in [0.15, 0.2) is 0 Å². The summed E-state index contributed by atoms with van der Waals surface area (Å²) >= 11 is 0. The second-order valence-electron chi connectivity index (χ2n) is 4.09. The summed E-state index contributed by atoms with van der Waals surface area (Å²) in [6.45, 7) is 0. The molecule has 0 saturated carbocycles. The van der Waals surface area contributed by atoms with Crippen molar-refractivity contribution in [1.29, 1.82) is 0 Å². The summed E-state index contributed by atoms with van der Waals surface area (Å²) in [5.41, 5.74) is 3.46. The number of ether oxygens (including phenoxy) is 1. The second-order valence-corrected chi connectivity index (χ2v) is 4.09. The third-order valence-corrected chi connectivity index (χ3v) is 2.93. The number of hydrogen-bond donors (Lipinski definition) is 0. The molecule has 18 heavy (non-hydrogen) atoms. The average Bonchev–Trinajstić information content (AvgIpc) is 2.46. The van der Waals surface area contributed by atoms with Gasteiger partial charge in [-0.3, -0.25) is 0 Å². The molecule has 2 nitrogen and oxygen atoms in total. The Kier molecular flexibility index (Phi) is 4.13. The first-order valence-electron chi connectivity index (χ1n) is 6.01. The standard InChI is InChI=1S/C16H16O2/c1-18-15-10-9-14(8-5-11-17)16(12-15)13-6-3-2-4-7-13/h2-4,6-7,9-12H,5,8H2,1H3. The normalized spacial score (nSPS) is 10.1. The highest BCUT2D eigenvalue weighted by Gasteiger charge is 2.06. The van der Waals surface area contributed by atoms with Crippen LogP contribution in [-0.4, -0.2) is 13.4 Å². The van der Waals surface area contributed by atoms with Gasteiger partial charge in [0.1, 0.15) is 12.0 Å². The molecule has 2 aromatic rings. The number of rotatable bonds is 5. The van der Waals surface area contributed by atoms with Gasteiger partial charge in [-0.1, -0.05) is 36.4 Å². The number of aryl methyl sites for hydroxylation is 1. The molecule has 0 radical (unpaired) electrons. The number of aldehydes is 1. The fraction of sp³-hybridized carbons (Fsp3) is 0.188. The van der Waals surface area contributed by atoms with Gasteiger partial charge in [-0.15, -0.1) is 0 Å². The maximum atomic E-state index is 10.5. The zero-order valence-corrected chi connectivity index (χ0v) is 10.4. The van der Waals surface area contributed by atoms with Crippen LogP contribution in [0.25, 0.3) is 11.1 Å². The SMILES string of the molecule is COc1ccc(CCC=O)c(-c2ccccc2)c1. The molecule has 0 saturated heterocycles. The van der Waals surface area contributed by atoms with Crippen molar-refractivity contribution in [3.63, 3.8) is 0 Å². The maximum absolute atomic E-state index is 10.5. The van der Waals surface area contributed by atoms with Gasteiger partial charge in [-0.05, 0) is 35.2 Å². The molecular formula is C16H16O2. The highest BCUT2D eigenvalue weighted by atomic mass is 16.5. The van der Waals surface area contributed by atoms with Crippen molar-refractivity contribution in [1.82, 2.24) is 0 Å². The lowest BCUT2D eigenvalue weighted by molar-refractivity contribution is -0.107. The molecule has 0 amide bonds. The van der Waals surface area contributed by atoms with E-state index in [9.17, 15) is 4.79 Å². The number of methoxy groups -OCH3 is 1. The van der Waals surface area contributed by atoms with Crippen molar-refractivity contribution in [3.05, 3.63) is 54.1 Å². The molecule has 0 bridgehead atoms. The molecule has 92 valence electrons. The Hall–Kier alpha value is -2.09. The monoisotopic (exact) mass is 240 g/mol. The van der Waals surface area contributed by atoms with Gasteiger partial charge >= 0.3 is 0 Å². The lowest BCUT2D eigenvalue weighted by atomic mass is 9.96. The highest BCUT2D eigenvalue weighted by Crippen LogP contribution is 2.28. The van der Waals surface area contributed by atoms with Crippen LogP contribution in [0.15, 0.2) is 48.5 Å². The topological polar surface area (TPSA) is 26.3 Å². The van der Waals surface area contributed by atoms with E-state index in [0.717, 1.165) is 29.6 Å². The fourth-order valence-electron chi connectivity index (χ4n) is 2.00. The summed E-state index contributed by atoms with van der Waals surface area (Å²) in [6, 6.07) is 16.1. The van der Waals surface area contributed by atoms with E-state index < -0.39 is 0 Å². The Bertz CT molecular complexity index is 518. The molecule has 2 heteroatoms. The largest absolute Gasteiger partial charge is 0.497 e. The van der Waals surface area contributed by atoms with E-state index in [2.05, 4.69) is 12.1 Å². The van der Waals surface area contributed by atoms with Gasteiger partial charge in [0, 0.05) is 6.42 Å². The summed E-state index contributed by atoms with van der Waals surface area (Å²) in [5, 5.41) is 0. The van der Waals surface area contributed by atoms with Crippen LogP contribution in [0.1, 0.15) is 12.0 Å². The predicted molar refractivity (Wildman–Crippen MR) is 72.8 cm³/mol. The predicted octanol–water partition coefficient (Wildman–Crippen LogP) is 3.49. The van der Waals surface area contributed by atoms with Crippen LogP contribution in [0.4, 0.5) is 0 Å². The van der Waals surface area contributed by atoms with E-state index in [0.29, 0.717) is 6.42 Å². The molecule has 0 heterocycles. The van der Waals surface area contributed by atoms with Crippen molar-refractivity contribution < 1.29 is 9.53 Å². The van der Waals surface area contributed by atoms with E-state index in [4.69, 9.17) is 4.74 Å². The van der Waals surface area contributed by atoms with E-state index in [1.807, 2.05) is 36.4 Å². The summed E-state index contributed by atoms with van der Waals surface area (Å²) in [7, 11) is 1.66. The van der Waals surface area contributed by atoms with E-state index >= 15 is 0 Å². The Morgan fingerprint density at radius 3 is 2.56 bits per heavy atom. The van der Waals surface area contributed by atoms with E-state index in [1.165, 1.54) is 5.56 Å². The van der Waals surface area contributed by atoms with Crippen LogP contribution in [0.3, 0.4) is 0 Å². The molecule has 2 aromatic carbocycles. The molecule has 2 rings (SSSR count). The summed E-state index contributed by atoms with van der Waals surface area (Å²) in [5.74, 6) is 0.837. The Balaban J connectivity index is 2.44. The Morgan fingerprint density at radius 2 is 1.89 bits per heavy atom. The van der Waals surface area contributed by atoms with Crippen molar-refractivity contribution in [2.24, 2.45) is 0 Å². The van der Waals surface area contributed by atoms with Gasteiger partial charge in [0.05, 0.1) is 7.11 Å². The molecule has 0 fully saturated rings. The van der Waals surface area contributed by atoms with Crippen LogP contribution in [0.2, 0.25) is 0 Å².